The van der Waals surface area contributed by atoms with Crippen LogP contribution in [0.2, 0.25) is 5.02 Å². The van der Waals surface area contributed by atoms with E-state index in [4.69, 9.17) is 22.3 Å². The van der Waals surface area contributed by atoms with E-state index >= 15 is 0 Å². The Hall–Kier alpha value is -1.84. The molecule has 2 aromatic carbocycles. The maximum absolute atomic E-state index is 6.23. The molecule has 1 atom stereocenters. The first-order valence-corrected chi connectivity index (χ1v) is 7.52. The average molecular weight is 300 g/mol. The van der Waals surface area contributed by atoms with Crippen LogP contribution in [0.3, 0.4) is 0 Å². The number of aromatic nitrogens is 2. The summed E-state index contributed by atoms with van der Waals surface area (Å²) in [5.41, 5.74) is 9.47. The molecule has 108 valence electrons. The second-order valence-corrected chi connectivity index (χ2v) is 5.63. The zero-order chi connectivity index (χ0) is 14.8. The number of hydrogen-bond donors (Lipinski definition) is 1. The molecule has 0 amide bonds. The number of nitrogens with two attached hydrogens (primary N) is 1. The van der Waals surface area contributed by atoms with Gasteiger partial charge in [-0.05, 0) is 36.2 Å². The van der Waals surface area contributed by atoms with E-state index < -0.39 is 0 Å². The van der Waals surface area contributed by atoms with Gasteiger partial charge in [0.25, 0.3) is 0 Å². The predicted molar refractivity (Wildman–Crippen MR) is 87.5 cm³/mol. The number of fused-ring (bicyclic) bond motifs is 1. The smallest absolute Gasteiger partial charge is 0.127 e. The lowest BCUT2D eigenvalue weighted by atomic mass is 10.2. The predicted octanol–water partition coefficient (Wildman–Crippen LogP) is 4.15. The van der Waals surface area contributed by atoms with Crippen LogP contribution in [0.4, 0.5) is 0 Å². The second-order valence-electron chi connectivity index (χ2n) is 5.19. The lowest BCUT2D eigenvalue weighted by molar-refractivity contribution is 0.605. The first-order chi connectivity index (χ1) is 10.2. The molecule has 3 nitrogen and oxygen atoms in total. The standard InChI is InChI=1S/C17H18ClN3/c1-2-14(19)17-20-15-8-3-4-9-16(15)21(17)11-12-6-5-7-13(18)10-12/h3-10,14H,2,11,19H2,1H3. The quantitative estimate of drug-likeness (QED) is 0.786. The number of rotatable bonds is 4. The van der Waals surface area contributed by atoms with E-state index in [2.05, 4.69) is 23.6 Å². The van der Waals surface area contributed by atoms with Crippen LogP contribution in [0.15, 0.2) is 48.5 Å². The maximum atomic E-state index is 6.23. The van der Waals surface area contributed by atoms with Crippen molar-refractivity contribution < 1.29 is 0 Å². The zero-order valence-electron chi connectivity index (χ0n) is 12.0. The molecule has 3 rings (SSSR count). The zero-order valence-corrected chi connectivity index (χ0v) is 12.7. The summed E-state index contributed by atoms with van der Waals surface area (Å²) in [6, 6.07) is 16.0. The van der Waals surface area contributed by atoms with E-state index in [1.54, 1.807) is 0 Å². The molecule has 0 radical (unpaired) electrons. The summed E-state index contributed by atoms with van der Waals surface area (Å²) in [4.78, 5) is 4.71. The SMILES string of the molecule is CCC(N)c1nc2ccccc2n1Cc1cccc(Cl)c1. The molecule has 1 unspecified atom stereocenters. The van der Waals surface area contributed by atoms with E-state index in [9.17, 15) is 0 Å². The van der Waals surface area contributed by atoms with E-state index in [0.29, 0.717) is 0 Å². The van der Waals surface area contributed by atoms with Crippen molar-refractivity contribution in [3.8, 4) is 0 Å². The molecule has 2 N–H and O–H groups in total. The normalized spacial score (nSPS) is 12.7. The summed E-state index contributed by atoms with van der Waals surface area (Å²) in [7, 11) is 0. The Labute approximate surface area is 129 Å². The van der Waals surface area contributed by atoms with E-state index in [1.807, 2.05) is 36.4 Å². The fourth-order valence-corrected chi connectivity index (χ4v) is 2.76. The number of imidazole rings is 1. The molecule has 0 spiro atoms. The molecular formula is C17H18ClN3. The Morgan fingerprint density at radius 3 is 2.76 bits per heavy atom. The van der Waals surface area contributed by atoms with Crippen molar-refractivity contribution in [1.29, 1.82) is 0 Å². The van der Waals surface area contributed by atoms with Gasteiger partial charge in [0.2, 0.25) is 0 Å². The number of hydrogen-bond acceptors (Lipinski definition) is 2. The fourth-order valence-electron chi connectivity index (χ4n) is 2.54. The average Bonchev–Trinajstić information content (AvgIpc) is 2.85. The Morgan fingerprint density at radius 1 is 1.19 bits per heavy atom. The third-order valence-electron chi connectivity index (χ3n) is 3.69. The molecule has 0 aliphatic carbocycles. The van der Waals surface area contributed by atoms with Gasteiger partial charge in [0.05, 0.1) is 17.1 Å². The maximum Gasteiger partial charge on any atom is 0.127 e. The van der Waals surface area contributed by atoms with Gasteiger partial charge in [-0.15, -0.1) is 0 Å². The topological polar surface area (TPSA) is 43.8 Å². The third-order valence-corrected chi connectivity index (χ3v) is 3.92. The van der Waals surface area contributed by atoms with Crippen LogP contribution in [0.1, 0.15) is 30.8 Å². The molecule has 0 fully saturated rings. The highest BCUT2D eigenvalue weighted by Gasteiger charge is 2.15. The minimum absolute atomic E-state index is 0.0587. The molecule has 1 aromatic heterocycles. The molecule has 0 aliphatic rings. The van der Waals surface area contributed by atoms with Gasteiger partial charge in [0, 0.05) is 11.6 Å². The van der Waals surface area contributed by atoms with Gasteiger partial charge in [-0.3, -0.25) is 0 Å². The summed E-state index contributed by atoms with van der Waals surface area (Å²) in [5, 5.41) is 0.748. The van der Waals surface area contributed by atoms with Crippen molar-refractivity contribution >= 4 is 22.6 Å². The van der Waals surface area contributed by atoms with Crippen LogP contribution in [0.5, 0.6) is 0 Å². The van der Waals surface area contributed by atoms with Crippen molar-refractivity contribution in [2.24, 2.45) is 5.73 Å². The Kier molecular flexibility index (Phi) is 3.95. The first kappa shape index (κ1) is 14.1. The molecular weight excluding hydrogens is 282 g/mol. The molecule has 0 bridgehead atoms. The van der Waals surface area contributed by atoms with Gasteiger partial charge in [0.1, 0.15) is 5.82 Å². The highest BCUT2D eigenvalue weighted by molar-refractivity contribution is 6.30. The Bertz CT molecular complexity index is 764. The van der Waals surface area contributed by atoms with E-state index in [0.717, 1.165) is 40.4 Å². The largest absolute Gasteiger partial charge is 0.322 e. The van der Waals surface area contributed by atoms with Crippen molar-refractivity contribution in [1.82, 2.24) is 9.55 Å². The molecule has 0 saturated heterocycles. The van der Waals surface area contributed by atoms with Crippen LogP contribution in [0.25, 0.3) is 11.0 Å². The summed E-state index contributed by atoms with van der Waals surface area (Å²) < 4.78 is 2.19. The van der Waals surface area contributed by atoms with E-state index in [-0.39, 0.29) is 6.04 Å². The number of para-hydroxylation sites is 2. The van der Waals surface area contributed by atoms with Crippen molar-refractivity contribution in [2.45, 2.75) is 25.9 Å². The van der Waals surface area contributed by atoms with Gasteiger partial charge in [0.15, 0.2) is 0 Å². The summed E-state index contributed by atoms with van der Waals surface area (Å²) in [6.45, 7) is 2.80. The van der Waals surface area contributed by atoms with E-state index in [1.165, 1.54) is 0 Å². The van der Waals surface area contributed by atoms with Crippen LogP contribution in [0, 0.1) is 0 Å². The highest BCUT2D eigenvalue weighted by atomic mass is 35.5. The first-order valence-electron chi connectivity index (χ1n) is 7.14. The summed E-state index contributed by atoms with van der Waals surface area (Å²) in [6.07, 6.45) is 0.860. The minimum atomic E-state index is -0.0587. The van der Waals surface area contributed by atoms with Crippen molar-refractivity contribution in [3.05, 3.63) is 64.9 Å². The second kappa shape index (κ2) is 5.88. The lowest BCUT2D eigenvalue weighted by Crippen LogP contribution is -2.16. The van der Waals surface area contributed by atoms with Crippen molar-refractivity contribution in [3.63, 3.8) is 0 Å². The molecule has 21 heavy (non-hydrogen) atoms. The number of halogens is 1. The monoisotopic (exact) mass is 299 g/mol. The molecule has 1 heterocycles. The highest BCUT2D eigenvalue weighted by Crippen LogP contribution is 2.23. The van der Waals surface area contributed by atoms with Crippen LogP contribution in [-0.4, -0.2) is 9.55 Å². The van der Waals surface area contributed by atoms with Crippen LogP contribution >= 0.6 is 11.6 Å². The Balaban J connectivity index is 2.10. The minimum Gasteiger partial charge on any atom is -0.322 e. The van der Waals surface area contributed by atoms with Gasteiger partial charge in [-0.1, -0.05) is 42.8 Å². The van der Waals surface area contributed by atoms with Crippen LogP contribution < -0.4 is 5.73 Å². The summed E-state index contributed by atoms with van der Waals surface area (Å²) in [5.74, 6) is 0.929. The van der Waals surface area contributed by atoms with Gasteiger partial charge >= 0.3 is 0 Å². The number of benzene rings is 2. The molecule has 4 heteroatoms. The number of nitrogens with zero attached hydrogens (tertiary/aromatic N) is 2. The third kappa shape index (κ3) is 2.80. The fraction of sp³-hybridized carbons (Fsp3) is 0.235. The van der Waals surface area contributed by atoms with Crippen molar-refractivity contribution in [2.75, 3.05) is 0 Å². The molecule has 0 aliphatic heterocycles. The molecule has 0 saturated carbocycles. The summed E-state index contributed by atoms with van der Waals surface area (Å²) >= 11 is 6.08. The van der Waals surface area contributed by atoms with Gasteiger partial charge < -0.3 is 10.3 Å². The van der Waals surface area contributed by atoms with Crippen LogP contribution in [-0.2, 0) is 6.54 Å². The lowest BCUT2D eigenvalue weighted by Gasteiger charge is -2.13. The van der Waals surface area contributed by atoms with Gasteiger partial charge in [-0.2, -0.15) is 0 Å². The molecule has 3 aromatic rings. The van der Waals surface area contributed by atoms with Gasteiger partial charge in [-0.25, -0.2) is 4.98 Å². The Morgan fingerprint density at radius 2 is 2.00 bits per heavy atom.